The van der Waals surface area contributed by atoms with Crippen molar-refractivity contribution in [1.29, 1.82) is 0 Å². The van der Waals surface area contributed by atoms with E-state index in [1.807, 2.05) is 0 Å². The number of nitrogens with zero attached hydrogens (tertiary/aromatic N) is 1. The maximum Gasteiger partial charge on any atom is 0.0606 e. The zero-order valence-electron chi connectivity index (χ0n) is 14.7. The normalized spacial score (nSPS) is 14.0. The lowest BCUT2D eigenvalue weighted by atomic mass is 9.99. The molecule has 2 heterocycles. The number of H-pyrrole nitrogens is 1. The van der Waals surface area contributed by atoms with Crippen molar-refractivity contribution < 1.29 is 0 Å². The number of aryl methyl sites for hydroxylation is 1. The number of allylic oxidation sites excluding steroid dienone is 1. The number of rotatable bonds is 1. The van der Waals surface area contributed by atoms with Crippen LogP contribution in [0.4, 0.5) is 0 Å². The van der Waals surface area contributed by atoms with Gasteiger partial charge in [0.25, 0.3) is 0 Å². The van der Waals surface area contributed by atoms with Crippen LogP contribution in [0.15, 0.2) is 71.2 Å². The van der Waals surface area contributed by atoms with Crippen molar-refractivity contribution in [3.63, 3.8) is 0 Å². The Morgan fingerprint density at radius 1 is 0.741 bits per heavy atom. The van der Waals surface area contributed by atoms with Crippen LogP contribution in [0.3, 0.4) is 0 Å². The molecule has 0 amide bonds. The molecule has 0 saturated carbocycles. The number of hydrogen-bond donors (Lipinski definition) is 1. The molecule has 0 unspecified atom stereocenters. The average Bonchev–Trinajstić information content (AvgIpc) is 3.24. The van der Waals surface area contributed by atoms with E-state index < -0.39 is 0 Å². The first kappa shape index (κ1) is 15.3. The van der Waals surface area contributed by atoms with E-state index in [9.17, 15) is 0 Å². The van der Waals surface area contributed by atoms with Gasteiger partial charge in [-0.25, -0.2) is 0 Å². The number of benzene rings is 3. The summed E-state index contributed by atoms with van der Waals surface area (Å²) in [4.78, 5) is 3.62. The maximum atomic E-state index is 3.68. The highest BCUT2D eigenvalue weighted by molar-refractivity contribution is 9.10. The van der Waals surface area contributed by atoms with Crippen LogP contribution >= 0.6 is 15.9 Å². The highest BCUT2D eigenvalue weighted by atomic mass is 79.9. The lowest BCUT2D eigenvalue weighted by Crippen LogP contribution is -2.04. The van der Waals surface area contributed by atoms with Crippen LogP contribution in [-0.4, -0.2) is 9.55 Å². The molecule has 0 bridgehead atoms. The largest absolute Gasteiger partial charge is 0.357 e. The van der Waals surface area contributed by atoms with Gasteiger partial charge in [0.15, 0.2) is 0 Å². The average molecular weight is 413 g/mol. The lowest BCUT2D eigenvalue weighted by molar-refractivity contribution is 0.921. The topological polar surface area (TPSA) is 20.7 Å². The third-order valence-corrected chi connectivity index (χ3v) is 6.38. The van der Waals surface area contributed by atoms with E-state index in [2.05, 4.69) is 98.3 Å². The van der Waals surface area contributed by atoms with Crippen molar-refractivity contribution in [2.24, 2.45) is 0 Å². The molecule has 3 aromatic carbocycles. The first-order chi connectivity index (χ1) is 13.3. The fraction of sp³-hybridized carbons (Fsp3) is 0.0833. The fourth-order valence-corrected chi connectivity index (χ4v) is 4.98. The summed E-state index contributed by atoms with van der Waals surface area (Å²) >= 11 is 3.68. The summed E-state index contributed by atoms with van der Waals surface area (Å²) in [6.45, 7) is 0. The van der Waals surface area contributed by atoms with Crippen molar-refractivity contribution in [2.45, 2.75) is 12.8 Å². The van der Waals surface area contributed by atoms with Crippen LogP contribution < -0.4 is 0 Å². The van der Waals surface area contributed by atoms with Crippen LogP contribution in [0.25, 0.3) is 44.5 Å². The number of aromatic nitrogens is 2. The molecule has 0 aliphatic heterocycles. The predicted octanol–water partition coefficient (Wildman–Crippen LogP) is 6.98. The van der Waals surface area contributed by atoms with E-state index in [1.54, 1.807) is 0 Å². The minimum Gasteiger partial charge on any atom is -0.357 e. The Morgan fingerprint density at radius 3 is 2.15 bits per heavy atom. The zero-order chi connectivity index (χ0) is 18.0. The van der Waals surface area contributed by atoms with Crippen molar-refractivity contribution in [3.05, 3.63) is 82.5 Å². The standard InChI is InChI=1S/C24H17BrN2/c25-20-9-5-8-18-19-14-15(12-13-21(19)26-24(18)20)27-22-10-3-1-6-16(22)17-7-2-4-11-23(17)27/h1-11,14,26H,12-13H2. The Balaban J connectivity index is 1.68. The van der Waals surface area contributed by atoms with Gasteiger partial charge in [0.2, 0.25) is 0 Å². The van der Waals surface area contributed by atoms with Crippen LogP contribution in [0.2, 0.25) is 0 Å². The summed E-state index contributed by atoms with van der Waals surface area (Å²) in [6, 6.07) is 23.9. The van der Waals surface area contributed by atoms with Gasteiger partial charge in [0.05, 0.1) is 16.6 Å². The number of fused-ring (bicyclic) bond motifs is 6. The Morgan fingerprint density at radius 2 is 1.41 bits per heavy atom. The van der Waals surface area contributed by atoms with Gasteiger partial charge in [-0.05, 0) is 53.0 Å². The Bertz CT molecular complexity index is 1330. The maximum absolute atomic E-state index is 3.68. The molecule has 1 aliphatic rings. The van der Waals surface area contributed by atoms with E-state index in [4.69, 9.17) is 0 Å². The quantitative estimate of drug-likeness (QED) is 0.306. The monoisotopic (exact) mass is 412 g/mol. The molecule has 3 heteroatoms. The summed E-state index contributed by atoms with van der Waals surface area (Å²) < 4.78 is 3.57. The van der Waals surface area contributed by atoms with E-state index in [1.165, 1.54) is 49.7 Å². The SMILES string of the molecule is Brc1cccc2c3c([nH]c12)CCC(n1c2ccccc2c2ccccc21)=C3. The number of hydrogen-bond acceptors (Lipinski definition) is 0. The van der Waals surface area contributed by atoms with Gasteiger partial charge in [-0.15, -0.1) is 0 Å². The minimum absolute atomic E-state index is 1.03. The highest BCUT2D eigenvalue weighted by Crippen LogP contribution is 2.38. The van der Waals surface area contributed by atoms with E-state index >= 15 is 0 Å². The Hall–Kier alpha value is -2.78. The van der Waals surface area contributed by atoms with Gasteiger partial charge < -0.3 is 9.55 Å². The molecule has 2 nitrogen and oxygen atoms in total. The van der Waals surface area contributed by atoms with Crippen molar-refractivity contribution in [1.82, 2.24) is 9.55 Å². The van der Waals surface area contributed by atoms with Gasteiger partial charge in [-0.1, -0.05) is 48.5 Å². The summed E-state index contributed by atoms with van der Waals surface area (Å²) in [7, 11) is 0. The van der Waals surface area contributed by atoms with Gasteiger partial charge in [-0.2, -0.15) is 0 Å². The number of aromatic amines is 1. The summed E-state index contributed by atoms with van der Waals surface area (Å²) in [5.41, 5.74) is 7.79. The molecular formula is C24H17BrN2. The Kier molecular flexibility index (Phi) is 3.18. The van der Waals surface area contributed by atoms with E-state index in [0.717, 1.165) is 17.3 Å². The van der Waals surface area contributed by atoms with Crippen molar-refractivity contribution >= 4 is 60.4 Å². The van der Waals surface area contributed by atoms with E-state index in [-0.39, 0.29) is 0 Å². The molecule has 130 valence electrons. The molecule has 0 saturated heterocycles. The number of halogens is 1. The fourth-order valence-electron chi connectivity index (χ4n) is 4.52. The minimum atomic E-state index is 1.03. The van der Waals surface area contributed by atoms with Gasteiger partial charge in [0, 0.05) is 37.6 Å². The van der Waals surface area contributed by atoms with Gasteiger partial charge >= 0.3 is 0 Å². The van der Waals surface area contributed by atoms with Gasteiger partial charge in [-0.3, -0.25) is 0 Å². The first-order valence-corrected chi connectivity index (χ1v) is 10.1. The molecule has 5 aromatic rings. The second-order valence-corrected chi connectivity index (χ2v) is 8.04. The molecule has 0 radical (unpaired) electrons. The third-order valence-electron chi connectivity index (χ3n) is 5.71. The summed E-state index contributed by atoms with van der Waals surface area (Å²) in [5.74, 6) is 0. The molecule has 0 atom stereocenters. The molecular weight excluding hydrogens is 396 g/mol. The zero-order valence-corrected chi connectivity index (χ0v) is 16.3. The second-order valence-electron chi connectivity index (χ2n) is 7.19. The number of para-hydroxylation sites is 3. The molecule has 0 spiro atoms. The summed E-state index contributed by atoms with van der Waals surface area (Å²) in [5, 5.41) is 3.93. The molecule has 0 fully saturated rings. The first-order valence-electron chi connectivity index (χ1n) is 9.29. The molecule has 6 rings (SSSR count). The smallest absolute Gasteiger partial charge is 0.0606 e. The van der Waals surface area contributed by atoms with Crippen LogP contribution in [0, 0.1) is 0 Å². The van der Waals surface area contributed by atoms with Crippen molar-refractivity contribution in [3.8, 4) is 0 Å². The molecule has 1 aliphatic carbocycles. The Labute approximate surface area is 165 Å². The van der Waals surface area contributed by atoms with Crippen LogP contribution in [0.5, 0.6) is 0 Å². The molecule has 2 aromatic heterocycles. The number of nitrogens with one attached hydrogen (secondary N) is 1. The van der Waals surface area contributed by atoms with Crippen LogP contribution in [0.1, 0.15) is 17.7 Å². The van der Waals surface area contributed by atoms with E-state index in [0.29, 0.717) is 0 Å². The highest BCUT2D eigenvalue weighted by Gasteiger charge is 2.20. The molecule has 1 N–H and O–H groups in total. The summed E-state index contributed by atoms with van der Waals surface area (Å²) in [6.07, 6.45) is 4.44. The molecule has 27 heavy (non-hydrogen) atoms. The predicted molar refractivity (Wildman–Crippen MR) is 118 cm³/mol. The van der Waals surface area contributed by atoms with Crippen molar-refractivity contribution in [2.75, 3.05) is 0 Å². The van der Waals surface area contributed by atoms with Crippen LogP contribution in [-0.2, 0) is 6.42 Å². The third kappa shape index (κ3) is 2.12. The second kappa shape index (κ2) is 5.61. The van der Waals surface area contributed by atoms with Gasteiger partial charge in [0.1, 0.15) is 0 Å². The lowest BCUT2D eigenvalue weighted by Gasteiger charge is -2.17.